The largest absolute Gasteiger partial charge is 0.335 e. The number of nitrogens with one attached hydrogen (secondary N) is 2. The Morgan fingerprint density at radius 1 is 1.04 bits per heavy atom. The van der Waals surface area contributed by atoms with Gasteiger partial charge in [-0.1, -0.05) is 0 Å². The summed E-state index contributed by atoms with van der Waals surface area (Å²) >= 11 is 0. The first-order valence-electron chi connectivity index (χ1n) is 8.52. The lowest BCUT2D eigenvalue weighted by Gasteiger charge is -2.35. The summed E-state index contributed by atoms with van der Waals surface area (Å²) in [5.74, 6) is 0. The summed E-state index contributed by atoms with van der Waals surface area (Å²) in [5.41, 5.74) is 0. The molecule has 2 aliphatic rings. The molecule has 0 saturated carbocycles. The number of rotatable bonds is 4. The molecule has 1 unspecified atom stereocenters. The minimum atomic E-state index is -3.18. The summed E-state index contributed by atoms with van der Waals surface area (Å²) in [6.07, 6.45) is 4.76. The molecule has 2 fully saturated rings. The molecule has 0 aromatic rings. The van der Waals surface area contributed by atoms with E-state index in [-0.39, 0.29) is 18.1 Å². The van der Waals surface area contributed by atoms with Gasteiger partial charge >= 0.3 is 6.03 Å². The molecule has 2 rings (SSSR count). The van der Waals surface area contributed by atoms with Gasteiger partial charge in [0.05, 0.1) is 6.26 Å². The highest BCUT2D eigenvalue weighted by Crippen LogP contribution is 2.14. The zero-order valence-corrected chi connectivity index (χ0v) is 15.2. The Balaban J connectivity index is 1.75. The zero-order valence-electron chi connectivity index (χ0n) is 14.4. The highest BCUT2D eigenvalue weighted by atomic mass is 32.2. The number of piperidine rings is 2. The summed E-state index contributed by atoms with van der Waals surface area (Å²) in [5, 5.41) is 5.97. The lowest BCUT2D eigenvalue weighted by molar-refractivity contribution is 0.160. The maximum absolute atomic E-state index is 12.1. The number of likely N-dealkylation sites (tertiary alicyclic amines) is 1. The summed E-state index contributed by atoms with van der Waals surface area (Å²) < 4.78 is 24.7. The van der Waals surface area contributed by atoms with E-state index in [0.717, 1.165) is 38.8 Å². The summed E-state index contributed by atoms with van der Waals surface area (Å²) in [4.78, 5) is 14.6. The maximum Gasteiger partial charge on any atom is 0.315 e. The molecule has 1 atom stereocenters. The van der Waals surface area contributed by atoms with Crippen LogP contribution in [0, 0.1) is 0 Å². The predicted octanol–water partition coefficient (Wildman–Crippen LogP) is 0.582. The van der Waals surface area contributed by atoms with Crippen LogP contribution in [0.15, 0.2) is 0 Å². The van der Waals surface area contributed by atoms with E-state index in [0.29, 0.717) is 19.1 Å². The molecular weight excluding hydrogens is 316 g/mol. The average Bonchev–Trinajstić information content (AvgIpc) is 2.47. The van der Waals surface area contributed by atoms with Crippen LogP contribution in [-0.2, 0) is 10.0 Å². The Bertz CT molecular complexity index is 501. The van der Waals surface area contributed by atoms with Gasteiger partial charge in [-0.15, -0.1) is 0 Å². The molecule has 2 aliphatic heterocycles. The van der Waals surface area contributed by atoms with E-state index in [1.807, 2.05) is 0 Å². The highest BCUT2D eigenvalue weighted by Gasteiger charge is 2.28. The van der Waals surface area contributed by atoms with Gasteiger partial charge in [-0.3, -0.25) is 0 Å². The van der Waals surface area contributed by atoms with Gasteiger partial charge in [0.25, 0.3) is 0 Å². The minimum absolute atomic E-state index is 0.103. The first kappa shape index (κ1) is 18.5. The minimum Gasteiger partial charge on any atom is -0.335 e. The van der Waals surface area contributed by atoms with Crippen LogP contribution in [0.5, 0.6) is 0 Å². The predicted molar refractivity (Wildman–Crippen MR) is 90.8 cm³/mol. The van der Waals surface area contributed by atoms with Crippen molar-refractivity contribution in [1.29, 1.82) is 0 Å². The second-order valence-corrected chi connectivity index (χ2v) is 8.96. The van der Waals surface area contributed by atoms with Crippen molar-refractivity contribution in [2.75, 3.05) is 32.4 Å². The van der Waals surface area contributed by atoms with Crippen LogP contribution >= 0.6 is 0 Å². The van der Waals surface area contributed by atoms with Crippen molar-refractivity contribution in [1.82, 2.24) is 19.8 Å². The van der Waals surface area contributed by atoms with Crippen LogP contribution < -0.4 is 10.6 Å². The SMILES string of the molecule is CC(C)N1CCC(NC(=O)NC2CCCN(S(C)(=O)=O)C2)CC1. The topological polar surface area (TPSA) is 81.8 Å². The second kappa shape index (κ2) is 7.81. The zero-order chi connectivity index (χ0) is 17.0. The van der Waals surface area contributed by atoms with Gasteiger partial charge < -0.3 is 15.5 Å². The fraction of sp³-hybridized carbons (Fsp3) is 0.933. The van der Waals surface area contributed by atoms with Crippen molar-refractivity contribution in [2.45, 2.75) is 57.7 Å². The first-order valence-corrected chi connectivity index (χ1v) is 10.4. The smallest absolute Gasteiger partial charge is 0.315 e. The van der Waals surface area contributed by atoms with Gasteiger partial charge in [0.2, 0.25) is 10.0 Å². The molecule has 2 saturated heterocycles. The van der Waals surface area contributed by atoms with Crippen molar-refractivity contribution < 1.29 is 13.2 Å². The van der Waals surface area contributed by atoms with Crippen molar-refractivity contribution in [3.63, 3.8) is 0 Å². The number of carbonyl (C=O) groups excluding carboxylic acids is 1. The summed E-state index contributed by atoms with van der Waals surface area (Å²) in [7, 11) is -3.18. The molecule has 2 amide bonds. The number of sulfonamides is 1. The third-order valence-electron chi connectivity index (χ3n) is 4.78. The Morgan fingerprint density at radius 2 is 1.65 bits per heavy atom. The molecule has 134 valence electrons. The Labute approximate surface area is 139 Å². The Kier molecular flexibility index (Phi) is 6.27. The van der Waals surface area contributed by atoms with E-state index < -0.39 is 10.0 Å². The molecule has 0 aromatic heterocycles. The number of carbonyl (C=O) groups is 1. The van der Waals surface area contributed by atoms with Gasteiger partial charge in [0, 0.05) is 44.3 Å². The molecule has 2 heterocycles. The maximum atomic E-state index is 12.1. The van der Waals surface area contributed by atoms with Gasteiger partial charge in [-0.25, -0.2) is 17.5 Å². The van der Waals surface area contributed by atoms with Gasteiger partial charge in [-0.2, -0.15) is 0 Å². The van der Waals surface area contributed by atoms with Crippen LogP contribution in [0.25, 0.3) is 0 Å². The van der Waals surface area contributed by atoms with Crippen LogP contribution in [0.3, 0.4) is 0 Å². The molecule has 2 N–H and O–H groups in total. The van der Waals surface area contributed by atoms with E-state index in [4.69, 9.17) is 0 Å². The van der Waals surface area contributed by atoms with Gasteiger partial charge in [-0.05, 0) is 39.5 Å². The molecular formula is C15H30N4O3S. The van der Waals surface area contributed by atoms with Crippen molar-refractivity contribution in [3.05, 3.63) is 0 Å². The number of amides is 2. The number of nitrogens with zero attached hydrogens (tertiary/aromatic N) is 2. The second-order valence-electron chi connectivity index (χ2n) is 6.98. The normalized spacial score (nSPS) is 25.5. The van der Waals surface area contributed by atoms with Crippen LogP contribution in [0.1, 0.15) is 39.5 Å². The molecule has 7 nitrogen and oxygen atoms in total. The van der Waals surface area contributed by atoms with E-state index in [1.165, 1.54) is 10.6 Å². The lowest BCUT2D eigenvalue weighted by Crippen LogP contribution is -2.54. The standard InChI is InChI=1S/C15H30N4O3S/c1-12(2)18-9-6-13(7-10-18)16-15(20)17-14-5-4-8-19(11-14)23(3,21)22/h12-14H,4-11H2,1-3H3,(H2,16,17,20). The third kappa shape index (κ3) is 5.61. The lowest BCUT2D eigenvalue weighted by atomic mass is 10.0. The van der Waals surface area contributed by atoms with Gasteiger partial charge in [0.1, 0.15) is 0 Å². The molecule has 0 aromatic carbocycles. The fourth-order valence-electron chi connectivity index (χ4n) is 3.33. The van der Waals surface area contributed by atoms with E-state index >= 15 is 0 Å². The number of hydrogen-bond acceptors (Lipinski definition) is 4. The average molecular weight is 346 g/mol. The Morgan fingerprint density at radius 3 is 2.22 bits per heavy atom. The van der Waals surface area contributed by atoms with Crippen molar-refractivity contribution in [3.8, 4) is 0 Å². The monoisotopic (exact) mass is 346 g/mol. The van der Waals surface area contributed by atoms with Crippen LogP contribution in [0.4, 0.5) is 4.79 Å². The molecule has 0 bridgehead atoms. The van der Waals surface area contributed by atoms with Crippen LogP contribution in [-0.4, -0.2) is 74.2 Å². The summed E-state index contributed by atoms with van der Waals surface area (Å²) in [6.45, 7) is 7.32. The number of hydrogen-bond donors (Lipinski definition) is 2. The van der Waals surface area contributed by atoms with Crippen LogP contribution in [0.2, 0.25) is 0 Å². The van der Waals surface area contributed by atoms with Gasteiger partial charge in [0.15, 0.2) is 0 Å². The molecule has 0 spiro atoms. The molecule has 8 heteroatoms. The third-order valence-corrected chi connectivity index (χ3v) is 6.05. The Hall–Kier alpha value is -0.860. The van der Waals surface area contributed by atoms with Crippen molar-refractivity contribution >= 4 is 16.1 Å². The fourth-order valence-corrected chi connectivity index (χ4v) is 4.25. The quantitative estimate of drug-likeness (QED) is 0.780. The van der Waals surface area contributed by atoms with E-state index in [1.54, 1.807) is 0 Å². The van der Waals surface area contributed by atoms with Crippen molar-refractivity contribution in [2.24, 2.45) is 0 Å². The molecule has 23 heavy (non-hydrogen) atoms. The van der Waals surface area contributed by atoms with E-state index in [9.17, 15) is 13.2 Å². The first-order chi connectivity index (χ1) is 10.8. The highest BCUT2D eigenvalue weighted by molar-refractivity contribution is 7.88. The molecule has 0 aliphatic carbocycles. The van der Waals surface area contributed by atoms with E-state index in [2.05, 4.69) is 29.4 Å². The summed E-state index contributed by atoms with van der Waals surface area (Å²) in [6, 6.07) is 0.483. The number of urea groups is 1. The molecule has 0 radical (unpaired) electrons.